The maximum atomic E-state index is 6.32. The van der Waals surface area contributed by atoms with Crippen molar-refractivity contribution in [3.05, 3.63) is 58.2 Å². The number of fused-ring (bicyclic) bond motifs is 1. The molecule has 0 saturated carbocycles. The minimum absolute atomic E-state index is 0.508. The van der Waals surface area contributed by atoms with Crippen LogP contribution in [-0.4, -0.2) is 9.97 Å². The molecule has 0 atom stereocenters. The molecule has 0 radical (unpaired) electrons. The van der Waals surface area contributed by atoms with E-state index in [-0.39, 0.29) is 0 Å². The molecule has 1 aromatic heterocycles. The van der Waals surface area contributed by atoms with E-state index in [9.17, 15) is 0 Å². The summed E-state index contributed by atoms with van der Waals surface area (Å²) in [6.45, 7) is 6.18. The first-order valence-corrected chi connectivity index (χ1v) is 6.94. The monoisotopic (exact) mass is 282 g/mol. The molecule has 0 amide bonds. The van der Waals surface area contributed by atoms with Gasteiger partial charge in [-0.2, -0.15) is 0 Å². The number of hydrogen-bond donors (Lipinski definition) is 0. The highest BCUT2D eigenvalue weighted by molar-refractivity contribution is 6.34. The van der Waals surface area contributed by atoms with Crippen molar-refractivity contribution >= 4 is 22.5 Å². The number of benzene rings is 2. The normalized spacial score (nSPS) is 11.0. The zero-order valence-electron chi connectivity index (χ0n) is 11.7. The molecule has 1 heterocycles. The summed E-state index contributed by atoms with van der Waals surface area (Å²) in [5, 5.41) is 1.41. The SMILES string of the molecule is Cc1ccc(-c2nc(Cl)c3cc(C)ccc3n2)c(C)c1. The zero-order chi connectivity index (χ0) is 14.3. The van der Waals surface area contributed by atoms with Gasteiger partial charge in [-0.25, -0.2) is 9.97 Å². The molecule has 3 rings (SSSR count). The van der Waals surface area contributed by atoms with Gasteiger partial charge in [-0.15, -0.1) is 0 Å². The van der Waals surface area contributed by atoms with Crippen LogP contribution in [0.3, 0.4) is 0 Å². The summed E-state index contributed by atoms with van der Waals surface area (Å²) in [5.41, 5.74) is 5.45. The molecule has 0 N–H and O–H groups in total. The predicted octanol–water partition coefficient (Wildman–Crippen LogP) is 4.88. The van der Waals surface area contributed by atoms with E-state index in [1.165, 1.54) is 5.56 Å². The minimum atomic E-state index is 0.508. The third kappa shape index (κ3) is 2.27. The Morgan fingerprint density at radius 2 is 1.55 bits per heavy atom. The number of aryl methyl sites for hydroxylation is 3. The second kappa shape index (κ2) is 4.88. The Hall–Kier alpha value is -1.93. The first-order chi connectivity index (χ1) is 9.54. The van der Waals surface area contributed by atoms with Crippen LogP contribution in [0.15, 0.2) is 36.4 Å². The largest absolute Gasteiger partial charge is 0.228 e. The van der Waals surface area contributed by atoms with Gasteiger partial charge in [0.15, 0.2) is 5.82 Å². The van der Waals surface area contributed by atoms with Gasteiger partial charge < -0.3 is 0 Å². The Morgan fingerprint density at radius 3 is 2.30 bits per heavy atom. The lowest BCUT2D eigenvalue weighted by Gasteiger charge is -2.08. The quantitative estimate of drug-likeness (QED) is 0.595. The first kappa shape index (κ1) is 13.1. The van der Waals surface area contributed by atoms with Crippen molar-refractivity contribution < 1.29 is 0 Å². The van der Waals surface area contributed by atoms with E-state index in [1.807, 2.05) is 25.1 Å². The standard InChI is InChI=1S/C17H15ClN2/c1-10-4-6-13(12(3)8-10)17-19-15-7-5-11(2)9-14(15)16(18)20-17/h4-9H,1-3H3. The molecular formula is C17H15ClN2. The van der Waals surface area contributed by atoms with Crippen LogP contribution in [0.25, 0.3) is 22.3 Å². The summed E-state index contributed by atoms with van der Waals surface area (Å²) in [4.78, 5) is 9.10. The van der Waals surface area contributed by atoms with Crippen LogP contribution in [0.1, 0.15) is 16.7 Å². The van der Waals surface area contributed by atoms with Gasteiger partial charge in [0.1, 0.15) is 5.15 Å². The van der Waals surface area contributed by atoms with Crippen molar-refractivity contribution in [2.24, 2.45) is 0 Å². The summed E-state index contributed by atoms with van der Waals surface area (Å²) >= 11 is 6.32. The van der Waals surface area contributed by atoms with E-state index in [2.05, 4.69) is 42.0 Å². The maximum absolute atomic E-state index is 6.32. The Labute approximate surface area is 123 Å². The van der Waals surface area contributed by atoms with Gasteiger partial charge in [0.25, 0.3) is 0 Å². The number of halogens is 1. The molecule has 0 unspecified atom stereocenters. The van der Waals surface area contributed by atoms with E-state index >= 15 is 0 Å². The van der Waals surface area contributed by atoms with Gasteiger partial charge in [0.05, 0.1) is 5.52 Å². The smallest absolute Gasteiger partial charge is 0.161 e. The third-order valence-corrected chi connectivity index (χ3v) is 3.72. The van der Waals surface area contributed by atoms with Crippen molar-refractivity contribution in [1.82, 2.24) is 9.97 Å². The van der Waals surface area contributed by atoms with Gasteiger partial charge in [-0.3, -0.25) is 0 Å². The highest BCUT2D eigenvalue weighted by Crippen LogP contribution is 2.27. The molecular weight excluding hydrogens is 268 g/mol. The highest BCUT2D eigenvalue weighted by Gasteiger charge is 2.10. The second-order valence-electron chi connectivity index (χ2n) is 5.18. The third-order valence-electron chi connectivity index (χ3n) is 3.43. The van der Waals surface area contributed by atoms with E-state index in [0.29, 0.717) is 11.0 Å². The van der Waals surface area contributed by atoms with Crippen LogP contribution in [-0.2, 0) is 0 Å². The Morgan fingerprint density at radius 1 is 0.850 bits per heavy atom. The lowest BCUT2D eigenvalue weighted by atomic mass is 10.0. The maximum Gasteiger partial charge on any atom is 0.161 e. The van der Waals surface area contributed by atoms with Crippen LogP contribution < -0.4 is 0 Å². The van der Waals surface area contributed by atoms with Crippen LogP contribution >= 0.6 is 11.6 Å². The van der Waals surface area contributed by atoms with Crippen LogP contribution in [0.4, 0.5) is 0 Å². The van der Waals surface area contributed by atoms with Crippen molar-refractivity contribution in [2.75, 3.05) is 0 Å². The average molecular weight is 283 g/mol. The van der Waals surface area contributed by atoms with Crippen molar-refractivity contribution in [3.63, 3.8) is 0 Å². The molecule has 0 aliphatic carbocycles. The van der Waals surface area contributed by atoms with Gasteiger partial charge in [0, 0.05) is 10.9 Å². The van der Waals surface area contributed by atoms with Gasteiger partial charge in [-0.05, 0) is 38.5 Å². The molecule has 0 aliphatic rings. The van der Waals surface area contributed by atoms with E-state index in [4.69, 9.17) is 11.6 Å². The molecule has 20 heavy (non-hydrogen) atoms. The first-order valence-electron chi connectivity index (χ1n) is 6.56. The van der Waals surface area contributed by atoms with E-state index in [0.717, 1.165) is 27.6 Å². The van der Waals surface area contributed by atoms with Gasteiger partial charge in [0.2, 0.25) is 0 Å². The summed E-state index contributed by atoms with van der Waals surface area (Å²) in [5.74, 6) is 0.684. The minimum Gasteiger partial charge on any atom is -0.228 e. The molecule has 0 bridgehead atoms. The van der Waals surface area contributed by atoms with Crippen LogP contribution in [0.2, 0.25) is 5.15 Å². The van der Waals surface area contributed by atoms with Crippen molar-refractivity contribution in [3.8, 4) is 11.4 Å². The van der Waals surface area contributed by atoms with E-state index < -0.39 is 0 Å². The molecule has 0 spiro atoms. The molecule has 0 saturated heterocycles. The van der Waals surface area contributed by atoms with Gasteiger partial charge in [-0.1, -0.05) is 47.0 Å². The summed E-state index contributed by atoms with van der Waals surface area (Å²) in [6, 6.07) is 12.3. The topological polar surface area (TPSA) is 25.8 Å². The summed E-state index contributed by atoms with van der Waals surface area (Å²) in [7, 11) is 0. The zero-order valence-corrected chi connectivity index (χ0v) is 12.5. The fraction of sp³-hybridized carbons (Fsp3) is 0.176. The second-order valence-corrected chi connectivity index (χ2v) is 5.54. The fourth-order valence-corrected chi connectivity index (χ4v) is 2.62. The van der Waals surface area contributed by atoms with Crippen LogP contribution in [0, 0.1) is 20.8 Å². The number of aromatic nitrogens is 2. The molecule has 2 aromatic carbocycles. The average Bonchev–Trinajstić information content (AvgIpc) is 2.39. The summed E-state index contributed by atoms with van der Waals surface area (Å²) < 4.78 is 0. The summed E-state index contributed by atoms with van der Waals surface area (Å²) in [6.07, 6.45) is 0. The molecule has 0 fully saturated rings. The number of rotatable bonds is 1. The Bertz CT molecular complexity index is 809. The van der Waals surface area contributed by atoms with Gasteiger partial charge >= 0.3 is 0 Å². The van der Waals surface area contributed by atoms with Crippen molar-refractivity contribution in [1.29, 1.82) is 0 Å². The molecule has 100 valence electrons. The molecule has 0 aliphatic heterocycles. The fourth-order valence-electron chi connectivity index (χ4n) is 2.39. The number of hydrogen-bond acceptors (Lipinski definition) is 2. The highest BCUT2D eigenvalue weighted by atomic mass is 35.5. The van der Waals surface area contributed by atoms with E-state index in [1.54, 1.807) is 0 Å². The lowest BCUT2D eigenvalue weighted by molar-refractivity contribution is 1.21. The molecule has 3 heteroatoms. The molecule has 2 nitrogen and oxygen atoms in total. The lowest BCUT2D eigenvalue weighted by Crippen LogP contribution is -1.94. The number of nitrogens with zero attached hydrogens (tertiary/aromatic N) is 2. The Balaban J connectivity index is 2.24. The molecule has 3 aromatic rings. The van der Waals surface area contributed by atoms with Crippen LogP contribution in [0.5, 0.6) is 0 Å². The van der Waals surface area contributed by atoms with Crippen molar-refractivity contribution in [2.45, 2.75) is 20.8 Å². The Kier molecular flexibility index (Phi) is 3.19. The predicted molar refractivity (Wildman–Crippen MR) is 84.2 cm³/mol.